The van der Waals surface area contributed by atoms with Gasteiger partial charge in [-0.05, 0) is 44.2 Å². The van der Waals surface area contributed by atoms with Crippen molar-refractivity contribution in [1.29, 1.82) is 0 Å². The smallest absolute Gasteiger partial charge is 0.261 e. The molecule has 0 radical (unpaired) electrons. The van der Waals surface area contributed by atoms with Crippen LogP contribution in [0.4, 0.5) is 5.69 Å². The maximum absolute atomic E-state index is 12.7. The summed E-state index contributed by atoms with van der Waals surface area (Å²) in [5.74, 6) is -0.128. The highest BCUT2D eigenvalue weighted by atomic mass is 32.2. The predicted molar refractivity (Wildman–Crippen MR) is 99.7 cm³/mol. The van der Waals surface area contributed by atoms with Crippen molar-refractivity contribution in [3.8, 4) is 0 Å². The molecule has 6 nitrogen and oxygen atoms in total. The third kappa shape index (κ3) is 4.23. The standard InChI is InChI=1S/C19H22N2O4S/c1-14-6-8-18(9-7-14)26(23,24)20-17-5-3-4-16(12-17)19(22)21-10-11-25-15(2)13-21/h3-9,12,15,20H,10-11,13H2,1-2H3. The number of sulfonamides is 1. The van der Waals surface area contributed by atoms with Crippen molar-refractivity contribution in [3.63, 3.8) is 0 Å². The Morgan fingerprint density at radius 1 is 1.19 bits per heavy atom. The van der Waals surface area contributed by atoms with E-state index in [2.05, 4.69) is 4.72 Å². The van der Waals surface area contributed by atoms with E-state index < -0.39 is 10.0 Å². The zero-order valence-corrected chi connectivity index (χ0v) is 15.6. The second kappa shape index (κ2) is 7.47. The average molecular weight is 374 g/mol. The number of ether oxygens (including phenoxy) is 1. The highest BCUT2D eigenvalue weighted by Gasteiger charge is 2.23. The summed E-state index contributed by atoms with van der Waals surface area (Å²) in [5, 5.41) is 0. The zero-order valence-electron chi connectivity index (χ0n) is 14.8. The van der Waals surface area contributed by atoms with E-state index in [9.17, 15) is 13.2 Å². The molecule has 1 saturated heterocycles. The summed E-state index contributed by atoms with van der Waals surface area (Å²) in [7, 11) is -3.70. The first-order chi connectivity index (χ1) is 12.3. The molecule has 1 fully saturated rings. The molecule has 1 atom stereocenters. The molecule has 2 aromatic carbocycles. The predicted octanol–water partition coefficient (Wildman–Crippen LogP) is 2.66. The van der Waals surface area contributed by atoms with Gasteiger partial charge >= 0.3 is 0 Å². The first kappa shape index (κ1) is 18.4. The molecule has 1 aliphatic heterocycles. The minimum Gasteiger partial charge on any atom is -0.375 e. The van der Waals surface area contributed by atoms with Crippen LogP contribution in [0, 0.1) is 6.92 Å². The topological polar surface area (TPSA) is 75.7 Å². The van der Waals surface area contributed by atoms with Crippen molar-refractivity contribution in [3.05, 3.63) is 59.7 Å². The van der Waals surface area contributed by atoms with Crippen LogP contribution >= 0.6 is 0 Å². The van der Waals surface area contributed by atoms with E-state index in [1.807, 2.05) is 13.8 Å². The van der Waals surface area contributed by atoms with Crippen molar-refractivity contribution in [2.75, 3.05) is 24.4 Å². The number of hydrogen-bond donors (Lipinski definition) is 1. The van der Waals surface area contributed by atoms with Crippen molar-refractivity contribution in [1.82, 2.24) is 4.90 Å². The van der Waals surface area contributed by atoms with Crippen molar-refractivity contribution >= 4 is 21.6 Å². The van der Waals surface area contributed by atoms with Gasteiger partial charge < -0.3 is 9.64 Å². The number of aryl methyl sites for hydroxylation is 1. The Morgan fingerprint density at radius 3 is 2.62 bits per heavy atom. The average Bonchev–Trinajstić information content (AvgIpc) is 2.61. The largest absolute Gasteiger partial charge is 0.375 e. The fourth-order valence-electron chi connectivity index (χ4n) is 2.83. The summed E-state index contributed by atoms with van der Waals surface area (Å²) in [4.78, 5) is 14.6. The van der Waals surface area contributed by atoms with E-state index >= 15 is 0 Å². The normalized spacial score (nSPS) is 17.8. The van der Waals surface area contributed by atoms with Gasteiger partial charge in [-0.15, -0.1) is 0 Å². The van der Waals surface area contributed by atoms with Crippen LogP contribution in [0.1, 0.15) is 22.8 Å². The van der Waals surface area contributed by atoms with Crippen LogP contribution in [-0.2, 0) is 14.8 Å². The number of amides is 1. The van der Waals surface area contributed by atoms with Crippen molar-refractivity contribution in [2.45, 2.75) is 24.8 Å². The monoisotopic (exact) mass is 374 g/mol. The van der Waals surface area contributed by atoms with E-state index in [0.717, 1.165) is 5.56 Å². The van der Waals surface area contributed by atoms with Crippen molar-refractivity contribution in [2.24, 2.45) is 0 Å². The van der Waals surface area contributed by atoms with E-state index in [4.69, 9.17) is 4.74 Å². The van der Waals surface area contributed by atoms with Gasteiger partial charge in [-0.2, -0.15) is 0 Å². The van der Waals surface area contributed by atoms with Crippen molar-refractivity contribution < 1.29 is 17.9 Å². The number of benzene rings is 2. The second-order valence-electron chi connectivity index (χ2n) is 6.43. The number of carbonyl (C=O) groups excluding carboxylic acids is 1. The van der Waals surface area contributed by atoms with E-state index in [1.165, 1.54) is 0 Å². The quantitative estimate of drug-likeness (QED) is 0.893. The van der Waals surface area contributed by atoms with Gasteiger partial charge in [0.05, 0.1) is 17.6 Å². The molecule has 1 unspecified atom stereocenters. The van der Waals surface area contributed by atoms with Crippen LogP contribution in [0.25, 0.3) is 0 Å². The van der Waals surface area contributed by atoms with Crippen LogP contribution in [0.15, 0.2) is 53.4 Å². The molecule has 0 spiro atoms. The zero-order chi connectivity index (χ0) is 18.7. The Bertz CT molecular complexity index is 894. The highest BCUT2D eigenvalue weighted by molar-refractivity contribution is 7.92. The number of nitrogens with zero attached hydrogens (tertiary/aromatic N) is 1. The van der Waals surface area contributed by atoms with Gasteiger partial charge in [-0.25, -0.2) is 8.42 Å². The van der Waals surface area contributed by atoms with Gasteiger partial charge in [0.25, 0.3) is 15.9 Å². The maximum Gasteiger partial charge on any atom is 0.261 e. The fourth-order valence-corrected chi connectivity index (χ4v) is 3.88. The molecule has 26 heavy (non-hydrogen) atoms. The van der Waals surface area contributed by atoms with Gasteiger partial charge in [0, 0.05) is 24.3 Å². The summed E-state index contributed by atoms with van der Waals surface area (Å²) >= 11 is 0. The Labute approximate surface area is 153 Å². The molecule has 0 aromatic heterocycles. The number of rotatable bonds is 4. The first-order valence-corrected chi connectivity index (χ1v) is 9.94. The molecule has 1 aliphatic rings. The lowest BCUT2D eigenvalue weighted by molar-refractivity contribution is -0.0124. The Balaban J connectivity index is 1.78. The fraction of sp³-hybridized carbons (Fsp3) is 0.316. The summed E-state index contributed by atoms with van der Waals surface area (Å²) in [6.07, 6.45) is -0.00378. The molecule has 7 heteroatoms. The maximum atomic E-state index is 12.7. The number of anilines is 1. The van der Waals surface area contributed by atoms with Gasteiger partial charge in [-0.1, -0.05) is 23.8 Å². The molecule has 1 N–H and O–H groups in total. The Morgan fingerprint density at radius 2 is 1.92 bits per heavy atom. The lowest BCUT2D eigenvalue weighted by Gasteiger charge is -2.31. The van der Waals surface area contributed by atoms with Crippen LogP contribution in [-0.4, -0.2) is 45.0 Å². The highest BCUT2D eigenvalue weighted by Crippen LogP contribution is 2.19. The minimum absolute atomic E-state index is 0.00378. The molecule has 3 rings (SSSR count). The van der Waals surface area contributed by atoms with Gasteiger partial charge in [0.15, 0.2) is 0 Å². The third-order valence-electron chi connectivity index (χ3n) is 4.22. The number of morpholine rings is 1. The SMILES string of the molecule is Cc1ccc(S(=O)(=O)Nc2cccc(C(=O)N3CCOC(C)C3)c2)cc1. The molecule has 2 aromatic rings. The first-order valence-electron chi connectivity index (χ1n) is 8.45. The summed E-state index contributed by atoms with van der Waals surface area (Å²) < 4.78 is 33.0. The summed E-state index contributed by atoms with van der Waals surface area (Å²) in [6, 6.07) is 13.2. The van der Waals surface area contributed by atoms with Crippen LogP contribution in [0.2, 0.25) is 0 Å². The molecular formula is C19H22N2O4S. The molecule has 0 saturated carbocycles. The molecule has 0 aliphatic carbocycles. The lowest BCUT2D eigenvalue weighted by atomic mass is 10.1. The number of nitrogens with one attached hydrogen (secondary N) is 1. The molecule has 138 valence electrons. The Kier molecular flexibility index (Phi) is 5.29. The van der Waals surface area contributed by atoms with E-state index in [1.54, 1.807) is 53.4 Å². The van der Waals surface area contributed by atoms with E-state index in [0.29, 0.717) is 30.9 Å². The van der Waals surface area contributed by atoms with Crippen LogP contribution in [0.5, 0.6) is 0 Å². The van der Waals surface area contributed by atoms with Crippen LogP contribution < -0.4 is 4.72 Å². The number of carbonyl (C=O) groups is 1. The molecular weight excluding hydrogens is 352 g/mol. The Hall–Kier alpha value is -2.38. The number of hydrogen-bond acceptors (Lipinski definition) is 4. The molecule has 1 amide bonds. The van der Waals surface area contributed by atoms with Gasteiger partial charge in [0.1, 0.15) is 0 Å². The summed E-state index contributed by atoms with van der Waals surface area (Å²) in [6.45, 7) is 5.38. The molecule has 1 heterocycles. The summed E-state index contributed by atoms with van der Waals surface area (Å²) in [5.41, 5.74) is 1.79. The second-order valence-corrected chi connectivity index (χ2v) is 8.11. The van der Waals surface area contributed by atoms with Gasteiger partial charge in [0.2, 0.25) is 0 Å². The van der Waals surface area contributed by atoms with Gasteiger partial charge in [-0.3, -0.25) is 9.52 Å². The minimum atomic E-state index is -3.70. The van der Waals surface area contributed by atoms with E-state index in [-0.39, 0.29) is 16.9 Å². The third-order valence-corrected chi connectivity index (χ3v) is 5.62. The van der Waals surface area contributed by atoms with Crippen LogP contribution in [0.3, 0.4) is 0 Å². The lowest BCUT2D eigenvalue weighted by Crippen LogP contribution is -2.44. The molecule has 0 bridgehead atoms.